The summed E-state index contributed by atoms with van der Waals surface area (Å²) in [5.74, 6) is 0.155. The van der Waals surface area contributed by atoms with E-state index in [2.05, 4.69) is 25.8 Å². The van der Waals surface area contributed by atoms with Crippen LogP contribution < -0.4 is 16.0 Å². The first-order valence-electron chi connectivity index (χ1n) is 9.85. The monoisotopic (exact) mass is 391 g/mol. The molecule has 3 saturated carbocycles. The molecule has 2 aromatic heterocycles. The minimum Gasteiger partial charge on any atom is -0.363 e. The van der Waals surface area contributed by atoms with Crippen molar-refractivity contribution in [2.75, 3.05) is 23.9 Å². The molecular formula is C17H20N6O3S. The molecule has 2 heterocycles. The molecule has 1 amide bonds. The van der Waals surface area contributed by atoms with Crippen molar-refractivity contribution in [3.63, 3.8) is 0 Å². The average molecular weight is 391 g/mol. The van der Waals surface area contributed by atoms with Gasteiger partial charge < -0.3 is 16.0 Å². The number of carbonyl (C=O) groups excluding carboxylic acids is 1. The van der Waals surface area contributed by atoms with Crippen LogP contribution >= 0.6 is 0 Å². The molecule has 3 fully saturated rings. The Bertz CT molecular complexity index is 1100. The van der Waals surface area contributed by atoms with Gasteiger partial charge in [0, 0.05) is 35.1 Å². The van der Waals surface area contributed by atoms with E-state index < -0.39 is 22.7 Å². The summed E-state index contributed by atoms with van der Waals surface area (Å²) in [5.41, 5.74) is -0.217. The maximum Gasteiger partial charge on any atom is 0.273 e. The summed E-state index contributed by atoms with van der Waals surface area (Å²) in [5, 5.41) is 15.9. The van der Waals surface area contributed by atoms with E-state index in [1.54, 1.807) is 0 Å². The second-order valence-corrected chi connectivity index (χ2v) is 9.06. The number of carbonyl (C=O) groups is 1. The molecule has 0 atom stereocenters. The Morgan fingerprint density at radius 2 is 2.11 bits per heavy atom. The summed E-state index contributed by atoms with van der Waals surface area (Å²) in [7, 11) is -3.61. The van der Waals surface area contributed by atoms with Gasteiger partial charge in [-0.25, -0.2) is 13.4 Å². The standard InChI is InChI=1S/C17H20N6O3S/c1-18-16(24)14-11(20-15-12(27(2,25)26)4-3-5-19-15)6-13(22-23-14)21-17-7-10(8-17)9-17/h3-6,10H,7-9H2,1-2H3,(H,18,24)(H2,19,20,21,22)/i1D3. The lowest BCUT2D eigenvalue weighted by Crippen LogP contribution is -2.63. The smallest absolute Gasteiger partial charge is 0.273 e. The Balaban J connectivity index is 1.70. The van der Waals surface area contributed by atoms with Crippen LogP contribution in [0.25, 0.3) is 0 Å². The first-order valence-corrected chi connectivity index (χ1v) is 10.2. The highest BCUT2D eigenvalue weighted by Crippen LogP contribution is 2.58. The maximum absolute atomic E-state index is 12.5. The predicted octanol–water partition coefficient (Wildman–Crippen LogP) is 1.34. The quantitative estimate of drug-likeness (QED) is 0.673. The van der Waals surface area contributed by atoms with Crippen LogP contribution in [-0.2, 0) is 9.84 Å². The van der Waals surface area contributed by atoms with Gasteiger partial charge in [0.2, 0.25) is 0 Å². The van der Waals surface area contributed by atoms with E-state index in [4.69, 9.17) is 4.11 Å². The van der Waals surface area contributed by atoms with Gasteiger partial charge in [0.1, 0.15) is 10.7 Å². The van der Waals surface area contributed by atoms with Gasteiger partial charge in [-0.15, -0.1) is 10.2 Å². The molecular weight excluding hydrogens is 368 g/mol. The molecule has 0 saturated heterocycles. The fraction of sp³-hybridized carbons (Fsp3) is 0.412. The van der Waals surface area contributed by atoms with Crippen LogP contribution in [0, 0.1) is 5.92 Å². The van der Waals surface area contributed by atoms with Crippen molar-refractivity contribution in [1.82, 2.24) is 20.5 Å². The molecule has 2 bridgehead atoms. The molecule has 0 aromatic carbocycles. The molecule has 3 N–H and O–H groups in total. The molecule has 142 valence electrons. The van der Waals surface area contributed by atoms with Crippen LogP contribution in [0.3, 0.4) is 0 Å². The highest BCUT2D eigenvalue weighted by atomic mass is 32.2. The third-order valence-electron chi connectivity index (χ3n) is 4.98. The van der Waals surface area contributed by atoms with Gasteiger partial charge in [0.05, 0.1) is 5.69 Å². The molecule has 3 aliphatic carbocycles. The highest BCUT2D eigenvalue weighted by Gasteiger charge is 2.56. The van der Waals surface area contributed by atoms with Gasteiger partial charge in [-0.05, 0) is 37.3 Å². The van der Waals surface area contributed by atoms with Crippen molar-refractivity contribution in [3.05, 3.63) is 30.1 Å². The summed E-state index contributed by atoms with van der Waals surface area (Å²) in [6.45, 7) is -2.72. The van der Waals surface area contributed by atoms with Gasteiger partial charge >= 0.3 is 0 Å². The lowest BCUT2D eigenvalue weighted by molar-refractivity contribution is 0.00175. The molecule has 9 nitrogen and oxygen atoms in total. The van der Waals surface area contributed by atoms with Crippen LogP contribution in [0.2, 0.25) is 0 Å². The summed E-state index contributed by atoms with van der Waals surface area (Å²) in [4.78, 5) is 16.4. The molecule has 0 aliphatic heterocycles. The van der Waals surface area contributed by atoms with E-state index in [1.165, 1.54) is 24.4 Å². The summed E-state index contributed by atoms with van der Waals surface area (Å²) in [6, 6.07) is 4.36. The zero-order valence-corrected chi connectivity index (χ0v) is 15.3. The van der Waals surface area contributed by atoms with Crippen molar-refractivity contribution >= 4 is 33.1 Å². The molecule has 0 unspecified atom stereocenters. The van der Waals surface area contributed by atoms with Crippen molar-refractivity contribution in [1.29, 1.82) is 0 Å². The fourth-order valence-electron chi connectivity index (χ4n) is 3.59. The number of nitrogens with zero attached hydrogens (tertiary/aromatic N) is 3. The minimum atomic E-state index is -3.61. The lowest BCUT2D eigenvalue weighted by Gasteiger charge is -2.62. The number of aromatic nitrogens is 3. The van der Waals surface area contributed by atoms with E-state index >= 15 is 0 Å². The fourth-order valence-corrected chi connectivity index (χ4v) is 4.37. The van der Waals surface area contributed by atoms with Gasteiger partial charge in [0.25, 0.3) is 5.91 Å². The number of sulfone groups is 1. The average Bonchev–Trinajstić information content (AvgIpc) is 2.55. The van der Waals surface area contributed by atoms with E-state index in [0.717, 1.165) is 31.4 Å². The van der Waals surface area contributed by atoms with E-state index in [0.29, 0.717) is 5.82 Å². The summed E-state index contributed by atoms with van der Waals surface area (Å²) < 4.78 is 45.9. The van der Waals surface area contributed by atoms with E-state index in [9.17, 15) is 13.2 Å². The highest BCUT2D eigenvalue weighted by molar-refractivity contribution is 7.90. The van der Waals surface area contributed by atoms with Gasteiger partial charge in [-0.3, -0.25) is 4.79 Å². The number of nitrogens with one attached hydrogen (secondary N) is 3. The van der Waals surface area contributed by atoms with Crippen molar-refractivity contribution < 1.29 is 17.3 Å². The SMILES string of the molecule is [2H]C([2H])([2H])NC(=O)c1nnc(NC23CC(C2)C3)cc1Nc1ncccc1S(C)(=O)=O. The summed E-state index contributed by atoms with van der Waals surface area (Å²) >= 11 is 0. The molecule has 10 heteroatoms. The third kappa shape index (κ3) is 3.20. The van der Waals surface area contributed by atoms with Gasteiger partial charge in [0.15, 0.2) is 21.3 Å². The molecule has 2 aromatic rings. The largest absolute Gasteiger partial charge is 0.363 e. The van der Waals surface area contributed by atoms with E-state index in [-0.39, 0.29) is 27.6 Å². The number of pyridine rings is 1. The van der Waals surface area contributed by atoms with Crippen molar-refractivity contribution in [2.45, 2.75) is 29.7 Å². The van der Waals surface area contributed by atoms with Crippen LogP contribution in [-0.4, -0.2) is 48.3 Å². The summed E-state index contributed by atoms with van der Waals surface area (Å²) in [6.07, 6.45) is 5.55. The normalized spacial score (nSPS) is 25.1. The van der Waals surface area contributed by atoms with Gasteiger partial charge in [-0.2, -0.15) is 0 Å². The number of amides is 1. The number of hydrogen-bond acceptors (Lipinski definition) is 8. The van der Waals surface area contributed by atoms with Crippen LogP contribution in [0.4, 0.5) is 17.3 Å². The van der Waals surface area contributed by atoms with Gasteiger partial charge in [-0.1, -0.05) is 0 Å². The zero-order valence-electron chi connectivity index (χ0n) is 17.5. The first kappa shape index (κ1) is 14.3. The Morgan fingerprint density at radius 3 is 2.74 bits per heavy atom. The van der Waals surface area contributed by atoms with Crippen molar-refractivity contribution in [3.8, 4) is 0 Å². The molecule has 0 spiro atoms. The zero-order chi connectivity index (χ0) is 21.7. The second-order valence-electron chi connectivity index (χ2n) is 7.08. The second kappa shape index (κ2) is 6.15. The van der Waals surface area contributed by atoms with Crippen molar-refractivity contribution in [2.24, 2.45) is 5.92 Å². The Kier molecular flexibility index (Phi) is 3.26. The van der Waals surface area contributed by atoms with E-state index in [1.807, 2.05) is 5.32 Å². The third-order valence-corrected chi connectivity index (χ3v) is 6.11. The number of rotatable bonds is 6. The minimum absolute atomic E-state index is 0.00704. The first-order chi connectivity index (χ1) is 13.9. The Labute approximate surface area is 161 Å². The predicted molar refractivity (Wildman–Crippen MR) is 99.7 cm³/mol. The Morgan fingerprint density at radius 1 is 1.33 bits per heavy atom. The van der Waals surface area contributed by atoms with Crippen LogP contribution in [0.5, 0.6) is 0 Å². The maximum atomic E-state index is 12.5. The van der Waals surface area contributed by atoms with Crippen LogP contribution in [0.15, 0.2) is 29.3 Å². The lowest BCUT2D eigenvalue weighted by atomic mass is 9.50. The topological polar surface area (TPSA) is 126 Å². The molecule has 3 aliphatic rings. The molecule has 5 rings (SSSR count). The number of hydrogen-bond donors (Lipinski definition) is 3. The Hall–Kier alpha value is -2.75. The van der Waals surface area contributed by atoms with Crippen LogP contribution in [0.1, 0.15) is 33.9 Å². The molecule has 27 heavy (non-hydrogen) atoms. The number of anilines is 3. The molecule has 0 radical (unpaired) electrons.